The maximum atomic E-state index is 11.8. The molecule has 0 spiro atoms. The van der Waals surface area contributed by atoms with E-state index in [-0.39, 0.29) is 5.78 Å². The third-order valence-electron chi connectivity index (χ3n) is 3.36. The van der Waals surface area contributed by atoms with Crippen molar-refractivity contribution in [2.45, 2.75) is 95.9 Å². The van der Waals surface area contributed by atoms with Crippen molar-refractivity contribution >= 4 is 11.6 Å². The van der Waals surface area contributed by atoms with Gasteiger partial charge in [-0.05, 0) is 46.1 Å². The number of hydrogen-bond acceptors (Lipinski definition) is 2. The number of Topliss-reactive ketones (excluding diaryl/α,β-unsaturated/α-hetero) is 1. The molecular formula is C24H48N2O. The minimum absolute atomic E-state index is 0.00437. The Hall–Kier alpha value is -1.64. The van der Waals surface area contributed by atoms with Gasteiger partial charge in [0.25, 0.3) is 0 Å². The number of hydrogen-bond donors (Lipinski definition) is 0. The zero-order valence-corrected chi connectivity index (χ0v) is 20.5. The molecule has 0 unspecified atom stereocenters. The molecule has 0 saturated heterocycles. The number of amidine groups is 1. The summed E-state index contributed by atoms with van der Waals surface area (Å²) in [6, 6.07) is 0. The van der Waals surface area contributed by atoms with Crippen LogP contribution in [0.3, 0.4) is 0 Å². The van der Waals surface area contributed by atoms with Crippen LogP contribution in [0, 0.1) is 0 Å². The van der Waals surface area contributed by atoms with Crippen LogP contribution in [0.25, 0.3) is 0 Å². The van der Waals surface area contributed by atoms with Crippen LogP contribution in [-0.2, 0) is 4.79 Å². The predicted molar refractivity (Wildman–Crippen MR) is 127 cm³/mol. The highest BCUT2D eigenvalue weighted by molar-refractivity contribution is 5.98. The SMILES string of the molecule is C=C/C(C(C)=O)=C(N=C(C)N(CCC)CCC)/C(C)=C\C.CC.CC.CC. The highest BCUT2D eigenvalue weighted by Crippen LogP contribution is 2.19. The van der Waals surface area contributed by atoms with Gasteiger partial charge in [0.15, 0.2) is 5.78 Å². The number of rotatable bonds is 8. The first-order chi connectivity index (χ1) is 12.9. The quantitative estimate of drug-likeness (QED) is 0.188. The molecule has 0 aromatic heterocycles. The highest BCUT2D eigenvalue weighted by Gasteiger charge is 2.12. The Balaban J connectivity index is -0.000000397. The first-order valence-electron chi connectivity index (χ1n) is 10.7. The fourth-order valence-electron chi connectivity index (χ4n) is 2.11. The minimum Gasteiger partial charge on any atom is -0.360 e. The second-order valence-electron chi connectivity index (χ2n) is 5.14. The zero-order valence-electron chi connectivity index (χ0n) is 20.5. The van der Waals surface area contributed by atoms with Gasteiger partial charge in [-0.15, -0.1) is 0 Å². The van der Waals surface area contributed by atoms with E-state index >= 15 is 0 Å². The molecule has 0 aromatic rings. The molecule has 0 saturated carbocycles. The molecule has 0 aliphatic carbocycles. The van der Waals surface area contributed by atoms with Crippen molar-refractivity contribution in [3.63, 3.8) is 0 Å². The van der Waals surface area contributed by atoms with Gasteiger partial charge in [0, 0.05) is 18.7 Å². The van der Waals surface area contributed by atoms with Gasteiger partial charge >= 0.3 is 0 Å². The first-order valence-corrected chi connectivity index (χ1v) is 10.7. The van der Waals surface area contributed by atoms with Gasteiger partial charge in [0.1, 0.15) is 5.84 Å². The van der Waals surface area contributed by atoms with Crippen molar-refractivity contribution in [3.05, 3.63) is 35.6 Å². The summed E-state index contributed by atoms with van der Waals surface area (Å²) >= 11 is 0. The highest BCUT2D eigenvalue weighted by atomic mass is 16.1. The van der Waals surface area contributed by atoms with Gasteiger partial charge in [-0.25, -0.2) is 4.99 Å². The summed E-state index contributed by atoms with van der Waals surface area (Å²) in [5.74, 6) is 0.950. The third kappa shape index (κ3) is 15.1. The molecular weight excluding hydrogens is 332 g/mol. The van der Waals surface area contributed by atoms with Crippen LogP contribution >= 0.6 is 0 Å². The maximum absolute atomic E-state index is 11.8. The van der Waals surface area contributed by atoms with Gasteiger partial charge in [0.2, 0.25) is 0 Å². The number of carbonyl (C=O) groups is 1. The average molecular weight is 381 g/mol. The van der Waals surface area contributed by atoms with E-state index in [4.69, 9.17) is 4.99 Å². The fraction of sp³-hybridized carbons (Fsp3) is 0.667. The van der Waals surface area contributed by atoms with E-state index in [0.717, 1.165) is 43.0 Å². The molecule has 27 heavy (non-hydrogen) atoms. The van der Waals surface area contributed by atoms with E-state index in [1.807, 2.05) is 68.4 Å². The van der Waals surface area contributed by atoms with Crippen molar-refractivity contribution in [2.24, 2.45) is 4.99 Å². The van der Waals surface area contributed by atoms with Crippen molar-refractivity contribution in [2.75, 3.05) is 13.1 Å². The molecule has 0 aromatic carbocycles. The Kier molecular flexibility index (Phi) is 29.8. The summed E-state index contributed by atoms with van der Waals surface area (Å²) in [6.45, 7) is 29.5. The summed E-state index contributed by atoms with van der Waals surface area (Å²) < 4.78 is 0. The summed E-state index contributed by atoms with van der Waals surface area (Å²) in [6.07, 6.45) is 5.74. The lowest BCUT2D eigenvalue weighted by Crippen LogP contribution is -2.30. The second-order valence-corrected chi connectivity index (χ2v) is 5.14. The standard InChI is InChI=1S/C18H30N2O.3C2H6/c1-8-12-20(13-9-2)16(7)19-18(14(5)10-3)17(11-4)15(6)21;3*1-2/h10-11H,4,8-9,12-13H2,1-3,5-7H3;3*1-2H3/b14-10-,18-17+,19-16?;;;. The molecule has 0 rings (SSSR count). The summed E-state index contributed by atoms with van der Waals surface area (Å²) in [5, 5.41) is 0. The van der Waals surface area contributed by atoms with Crippen molar-refractivity contribution in [1.29, 1.82) is 0 Å². The lowest BCUT2D eigenvalue weighted by atomic mass is 10.0. The van der Waals surface area contributed by atoms with Gasteiger partial charge in [-0.3, -0.25) is 4.79 Å². The van der Waals surface area contributed by atoms with Gasteiger partial charge in [-0.1, -0.05) is 74.1 Å². The lowest BCUT2D eigenvalue weighted by Gasteiger charge is -2.23. The van der Waals surface area contributed by atoms with Gasteiger partial charge in [-0.2, -0.15) is 0 Å². The Morgan fingerprint density at radius 2 is 1.33 bits per heavy atom. The van der Waals surface area contributed by atoms with Crippen LogP contribution in [0.1, 0.15) is 95.9 Å². The minimum atomic E-state index is -0.00437. The normalized spacial score (nSPS) is 11.4. The summed E-state index contributed by atoms with van der Waals surface area (Å²) in [5.41, 5.74) is 2.31. The van der Waals surface area contributed by atoms with E-state index in [2.05, 4.69) is 25.3 Å². The maximum Gasteiger partial charge on any atom is 0.161 e. The van der Waals surface area contributed by atoms with E-state index in [9.17, 15) is 4.79 Å². The molecule has 0 fully saturated rings. The Bertz CT molecular complexity index is 451. The van der Waals surface area contributed by atoms with Gasteiger partial charge < -0.3 is 4.90 Å². The van der Waals surface area contributed by atoms with Gasteiger partial charge in [0.05, 0.1) is 5.70 Å². The van der Waals surface area contributed by atoms with Crippen molar-refractivity contribution < 1.29 is 4.79 Å². The number of aliphatic imine (C=N–C) groups is 1. The number of carbonyl (C=O) groups excluding carboxylic acids is 1. The van der Waals surface area contributed by atoms with Crippen LogP contribution in [0.15, 0.2) is 40.6 Å². The zero-order chi connectivity index (χ0) is 22.4. The van der Waals surface area contributed by atoms with E-state index in [1.54, 1.807) is 13.0 Å². The molecule has 0 N–H and O–H groups in total. The monoisotopic (exact) mass is 380 g/mol. The Morgan fingerprint density at radius 3 is 1.59 bits per heavy atom. The Labute approximate surface area is 171 Å². The fourth-order valence-corrected chi connectivity index (χ4v) is 2.11. The molecule has 0 aliphatic rings. The molecule has 3 heteroatoms. The number of ketones is 1. The molecule has 0 amide bonds. The molecule has 0 radical (unpaired) electrons. The van der Waals surface area contributed by atoms with Crippen LogP contribution in [0.4, 0.5) is 0 Å². The van der Waals surface area contributed by atoms with E-state index in [0.29, 0.717) is 5.57 Å². The second kappa shape index (κ2) is 24.4. The predicted octanol–water partition coefficient (Wildman–Crippen LogP) is 7.60. The molecule has 0 bridgehead atoms. The van der Waals surface area contributed by atoms with Crippen LogP contribution in [-0.4, -0.2) is 29.6 Å². The Morgan fingerprint density at radius 1 is 0.926 bits per heavy atom. The van der Waals surface area contributed by atoms with E-state index in [1.165, 1.54) is 0 Å². The topological polar surface area (TPSA) is 32.7 Å². The van der Waals surface area contributed by atoms with Crippen LogP contribution < -0.4 is 0 Å². The molecule has 0 aliphatic heterocycles. The molecule has 0 atom stereocenters. The number of nitrogens with zero attached hydrogens (tertiary/aromatic N) is 2. The van der Waals surface area contributed by atoms with Crippen LogP contribution in [0.2, 0.25) is 0 Å². The van der Waals surface area contributed by atoms with Crippen LogP contribution in [0.5, 0.6) is 0 Å². The average Bonchev–Trinajstić information content (AvgIpc) is 2.71. The van der Waals surface area contributed by atoms with Crippen molar-refractivity contribution in [3.8, 4) is 0 Å². The largest absolute Gasteiger partial charge is 0.360 e. The first kappa shape index (κ1) is 33.0. The summed E-state index contributed by atoms with van der Waals surface area (Å²) in [4.78, 5) is 18.8. The molecule has 160 valence electrons. The smallest absolute Gasteiger partial charge is 0.161 e. The molecule has 3 nitrogen and oxygen atoms in total. The lowest BCUT2D eigenvalue weighted by molar-refractivity contribution is -0.113. The van der Waals surface area contributed by atoms with Crippen molar-refractivity contribution in [1.82, 2.24) is 4.90 Å². The third-order valence-corrected chi connectivity index (χ3v) is 3.36. The summed E-state index contributed by atoms with van der Waals surface area (Å²) in [7, 11) is 0. The number of allylic oxidation sites excluding steroid dienone is 4. The van der Waals surface area contributed by atoms with E-state index < -0.39 is 0 Å². The molecule has 0 heterocycles.